The summed E-state index contributed by atoms with van der Waals surface area (Å²) < 4.78 is 46.3. The Labute approximate surface area is 208 Å². The number of likely N-dealkylation sites (N-methyl/N-ethyl adjacent to an activating group) is 1. The lowest BCUT2D eigenvalue weighted by molar-refractivity contribution is 0.195. The van der Waals surface area contributed by atoms with Gasteiger partial charge < -0.3 is 29.7 Å². The van der Waals surface area contributed by atoms with Crippen molar-refractivity contribution >= 4 is 22.7 Å². The fourth-order valence-electron chi connectivity index (χ4n) is 4.75. The van der Waals surface area contributed by atoms with E-state index in [1.165, 1.54) is 20.3 Å². The molecule has 0 spiro atoms. The molecule has 2 aliphatic rings. The van der Waals surface area contributed by atoms with Gasteiger partial charge in [-0.05, 0) is 38.9 Å². The van der Waals surface area contributed by atoms with Crippen LogP contribution in [0.1, 0.15) is 19.3 Å². The number of ether oxygens (including phenoxy) is 3. The van der Waals surface area contributed by atoms with Crippen molar-refractivity contribution in [2.45, 2.75) is 31.3 Å². The zero-order valence-corrected chi connectivity index (χ0v) is 20.6. The predicted octanol–water partition coefficient (Wildman–Crippen LogP) is 3.69. The van der Waals surface area contributed by atoms with Gasteiger partial charge in [0.2, 0.25) is 5.95 Å². The number of halogens is 2. The Kier molecular flexibility index (Phi) is 7.01. The topological polar surface area (TPSA) is 93.7 Å². The summed E-state index contributed by atoms with van der Waals surface area (Å²) in [6.07, 6.45) is 4.68. The highest BCUT2D eigenvalue weighted by molar-refractivity contribution is 5.92. The summed E-state index contributed by atoms with van der Waals surface area (Å²) >= 11 is 0. The monoisotopic (exact) mass is 500 g/mol. The summed E-state index contributed by atoms with van der Waals surface area (Å²) in [6.45, 7) is 2.94. The van der Waals surface area contributed by atoms with Crippen molar-refractivity contribution in [3.63, 3.8) is 0 Å². The first kappa shape index (κ1) is 24.4. The first-order valence-corrected chi connectivity index (χ1v) is 12.0. The molecule has 2 atom stereocenters. The van der Waals surface area contributed by atoms with Gasteiger partial charge in [-0.2, -0.15) is 0 Å². The van der Waals surface area contributed by atoms with Gasteiger partial charge in [-0.1, -0.05) is 0 Å². The summed E-state index contributed by atoms with van der Waals surface area (Å²) in [5, 5.41) is 7.27. The molecule has 2 aliphatic heterocycles. The van der Waals surface area contributed by atoms with Gasteiger partial charge in [0, 0.05) is 36.8 Å². The van der Waals surface area contributed by atoms with E-state index in [4.69, 9.17) is 19.2 Å². The highest BCUT2D eigenvalue weighted by atomic mass is 19.1. The molecule has 2 fully saturated rings. The van der Waals surface area contributed by atoms with Crippen LogP contribution in [0, 0.1) is 11.6 Å². The van der Waals surface area contributed by atoms with Gasteiger partial charge >= 0.3 is 0 Å². The zero-order valence-electron chi connectivity index (χ0n) is 20.6. The largest absolute Gasteiger partial charge is 0.494 e. The van der Waals surface area contributed by atoms with Crippen LogP contribution in [-0.4, -0.2) is 79.5 Å². The van der Waals surface area contributed by atoms with Crippen molar-refractivity contribution < 1.29 is 23.0 Å². The van der Waals surface area contributed by atoms with Crippen LogP contribution in [0.25, 0.3) is 22.2 Å². The lowest BCUT2D eigenvalue weighted by Crippen LogP contribution is -2.31. The van der Waals surface area contributed by atoms with Crippen LogP contribution in [-0.2, 0) is 4.74 Å². The number of nitrogens with one attached hydrogen (secondary N) is 2. The van der Waals surface area contributed by atoms with Crippen LogP contribution in [0.2, 0.25) is 0 Å². The van der Waals surface area contributed by atoms with Crippen LogP contribution in [0.4, 0.5) is 20.5 Å². The van der Waals surface area contributed by atoms with Crippen LogP contribution in [0.3, 0.4) is 0 Å². The molecule has 2 N–H and O–H groups in total. The van der Waals surface area contributed by atoms with Crippen LogP contribution in [0.5, 0.6) is 11.5 Å². The Morgan fingerprint density at radius 2 is 1.89 bits per heavy atom. The van der Waals surface area contributed by atoms with Gasteiger partial charge in [-0.25, -0.2) is 23.7 Å². The van der Waals surface area contributed by atoms with Gasteiger partial charge in [-0.3, -0.25) is 0 Å². The minimum atomic E-state index is -0.857. The number of methoxy groups -OCH3 is 2. The third kappa shape index (κ3) is 4.72. The summed E-state index contributed by atoms with van der Waals surface area (Å²) in [5.41, 5.74) is 0.316. The molecule has 0 radical (unpaired) electrons. The molecule has 2 aromatic heterocycles. The minimum absolute atomic E-state index is 0.0884. The number of aromatic nitrogens is 3. The van der Waals surface area contributed by atoms with E-state index in [0.29, 0.717) is 48.5 Å². The number of rotatable bonds is 8. The van der Waals surface area contributed by atoms with Crippen molar-refractivity contribution in [3.8, 4) is 22.8 Å². The number of pyridine rings is 1. The van der Waals surface area contributed by atoms with E-state index in [2.05, 4.69) is 32.5 Å². The van der Waals surface area contributed by atoms with Gasteiger partial charge in [-0.15, -0.1) is 0 Å². The smallest absolute Gasteiger partial charge is 0.223 e. The number of nitrogens with zero attached hydrogens (tertiary/aromatic N) is 4. The molecule has 11 heteroatoms. The molecular weight excluding hydrogens is 470 g/mol. The fraction of sp³-hybridized carbons (Fsp3) is 0.480. The Morgan fingerprint density at radius 3 is 2.53 bits per heavy atom. The third-order valence-corrected chi connectivity index (χ3v) is 6.84. The molecule has 0 amide bonds. The Bertz CT molecular complexity index is 1230. The summed E-state index contributed by atoms with van der Waals surface area (Å²) in [4.78, 5) is 16.1. The fourth-order valence-corrected chi connectivity index (χ4v) is 4.75. The maximum Gasteiger partial charge on any atom is 0.223 e. The molecule has 9 nitrogen and oxygen atoms in total. The van der Waals surface area contributed by atoms with Gasteiger partial charge in [0.15, 0.2) is 29.0 Å². The predicted molar refractivity (Wildman–Crippen MR) is 133 cm³/mol. The average molecular weight is 501 g/mol. The molecule has 192 valence electrons. The number of anilines is 2. The van der Waals surface area contributed by atoms with Crippen molar-refractivity contribution in [1.29, 1.82) is 0 Å². The molecule has 3 aromatic rings. The van der Waals surface area contributed by atoms with Gasteiger partial charge in [0.1, 0.15) is 5.52 Å². The van der Waals surface area contributed by atoms with E-state index < -0.39 is 11.6 Å². The molecule has 2 unspecified atom stereocenters. The van der Waals surface area contributed by atoms with E-state index in [0.717, 1.165) is 25.8 Å². The number of benzene rings is 1. The lowest BCUT2D eigenvalue weighted by atomic mass is 10.1. The summed E-state index contributed by atoms with van der Waals surface area (Å²) in [5.74, 6) is -1.11. The van der Waals surface area contributed by atoms with Crippen molar-refractivity contribution in [1.82, 2.24) is 19.9 Å². The number of hydrogen-bond acceptors (Lipinski definition) is 9. The second kappa shape index (κ2) is 10.4. The third-order valence-electron chi connectivity index (χ3n) is 6.84. The Morgan fingerprint density at radius 1 is 1.11 bits per heavy atom. The number of fused-ring (bicyclic) bond motifs is 1. The summed E-state index contributed by atoms with van der Waals surface area (Å²) in [6, 6.07) is 3.21. The lowest BCUT2D eigenvalue weighted by Gasteiger charge is -2.21. The van der Waals surface area contributed by atoms with Crippen LogP contribution in [0.15, 0.2) is 18.3 Å². The summed E-state index contributed by atoms with van der Waals surface area (Å²) in [7, 11) is 4.72. The van der Waals surface area contributed by atoms with Crippen LogP contribution < -0.4 is 20.1 Å². The van der Waals surface area contributed by atoms with Crippen LogP contribution >= 0.6 is 0 Å². The van der Waals surface area contributed by atoms with Crippen molar-refractivity contribution in [2.24, 2.45) is 0 Å². The van der Waals surface area contributed by atoms with Gasteiger partial charge in [0.05, 0.1) is 38.1 Å². The highest BCUT2D eigenvalue weighted by Crippen LogP contribution is 2.38. The van der Waals surface area contributed by atoms with E-state index in [1.54, 1.807) is 12.3 Å². The molecule has 2 saturated heterocycles. The van der Waals surface area contributed by atoms with E-state index >= 15 is 8.78 Å². The Hall–Kier alpha value is -3.31. The normalized spacial score (nSPS) is 20.1. The van der Waals surface area contributed by atoms with E-state index in [9.17, 15) is 0 Å². The maximum atomic E-state index is 15.3. The standard InChI is InChI=1S/C25H30F2N6O3/c1-33-7-4-5-16(33)12-28-24-23-14(11-29-25(32-23)30-15-6-8-36-13-15)9-17(31-24)20-21(26)18(34-2)10-19(35-3)22(20)27/h9-11,15-16H,4-8,12-13H2,1-3H3,(H,28,31)(H,29,30,32). The molecule has 5 rings (SSSR count). The van der Waals surface area contributed by atoms with Gasteiger partial charge in [0.25, 0.3) is 0 Å². The first-order chi connectivity index (χ1) is 17.5. The highest BCUT2D eigenvalue weighted by Gasteiger charge is 2.25. The maximum absolute atomic E-state index is 15.3. The van der Waals surface area contributed by atoms with E-state index in [-0.39, 0.29) is 28.8 Å². The van der Waals surface area contributed by atoms with Crippen molar-refractivity contribution in [3.05, 3.63) is 30.0 Å². The minimum Gasteiger partial charge on any atom is -0.494 e. The molecular formula is C25H30F2N6O3. The SMILES string of the molecule is COc1cc(OC)c(F)c(-c2cc3cnc(NC4CCOC4)nc3c(NCC3CCCN3C)n2)c1F. The Balaban J connectivity index is 1.59. The average Bonchev–Trinajstić information content (AvgIpc) is 3.54. The quantitative estimate of drug-likeness (QED) is 0.480. The van der Waals surface area contributed by atoms with Crippen molar-refractivity contribution in [2.75, 3.05) is 58.2 Å². The molecule has 0 saturated carbocycles. The number of hydrogen-bond donors (Lipinski definition) is 2. The molecule has 36 heavy (non-hydrogen) atoms. The molecule has 0 bridgehead atoms. The molecule has 0 aliphatic carbocycles. The second-order valence-corrected chi connectivity index (χ2v) is 9.13. The second-order valence-electron chi connectivity index (χ2n) is 9.13. The van der Waals surface area contributed by atoms with E-state index in [1.807, 2.05) is 0 Å². The molecule has 1 aromatic carbocycles. The molecule has 4 heterocycles. The zero-order chi connectivity index (χ0) is 25.2. The first-order valence-electron chi connectivity index (χ1n) is 12.0. The number of likely N-dealkylation sites (tertiary alicyclic amines) is 1.